The lowest BCUT2D eigenvalue weighted by atomic mass is 10.0. The summed E-state index contributed by atoms with van der Waals surface area (Å²) in [6.07, 6.45) is 0.777. The number of hydrogen-bond acceptors (Lipinski definition) is 6. The van der Waals surface area contributed by atoms with Crippen molar-refractivity contribution in [3.8, 4) is 6.07 Å². The average Bonchev–Trinajstić information content (AvgIpc) is 3.30. The number of carbonyl (C=O) groups is 2. The van der Waals surface area contributed by atoms with E-state index in [2.05, 4.69) is 10.6 Å². The van der Waals surface area contributed by atoms with Gasteiger partial charge in [-0.2, -0.15) is 5.26 Å². The minimum absolute atomic E-state index is 0.0515. The molecule has 3 rings (SSSR count). The summed E-state index contributed by atoms with van der Waals surface area (Å²) >= 11 is 0. The first-order valence-electron chi connectivity index (χ1n) is 11.7. The molecule has 1 heterocycles. The van der Waals surface area contributed by atoms with Gasteiger partial charge in [-0.3, -0.25) is 9.59 Å². The summed E-state index contributed by atoms with van der Waals surface area (Å²) in [7, 11) is -2.41. The van der Waals surface area contributed by atoms with Crippen LogP contribution in [0.2, 0.25) is 0 Å². The Balaban J connectivity index is 1.56. The number of para-hydroxylation sites is 1. The van der Waals surface area contributed by atoms with Gasteiger partial charge >= 0.3 is 0 Å². The highest BCUT2D eigenvalue weighted by Gasteiger charge is 2.25. The molecule has 3 aromatic rings. The molecule has 0 spiro atoms. The van der Waals surface area contributed by atoms with E-state index in [0.717, 1.165) is 9.69 Å². The Bertz CT molecular complexity index is 1340. The summed E-state index contributed by atoms with van der Waals surface area (Å²) in [5.74, 6) is -0.557. The first-order valence-corrected chi connectivity index (χ1v) is 13.1. The number of rotatable bonds is 11. The van der Waals surface area contributed by atoms with E-state index in [0.29, 0.717) is 18.4 Å². The van der Waals surface area contributed by atoms with Crippen LogP contribution in [0.15, 0.2) is 63.9 Å². The molecule has 36 heavy (non-hydrogen) atoms. The van der Waals surface area contributed by atoms with Gasteiger partial charge in [-0.05, 0) is 43.0 Å². The fourth-order valence-corrected chi connectivity index (χ4v) is 5.08. The van der Waals surface area contributed by atoms with Crippen LogP contribution in [0.4, 0.5) is 0 Å². The van der Waals surface area contributed by atoms with Gasteiger partial charge in [0.25, 0.3) is 5.91 Å². The third kappa shape index (κ3) is 6.50. The highest BCUT2D eigenvalue weighted by atomic mass is 32.2. The van der Waals surface area contributed by atoms with E-state index < -0.39 is 22.0 Å². The quantitative estimate of drug-likeness (QED) is 0.381. The minimum atomic E-state index is -3.84. The lowest BCUT2D eigenvalue weighted by molar-refractivity contribution is -0.123. The van der Waals surface area contributed by atoms with Crippen molar-refractivity contribution in [2.45, 2.75) is 37.6 Å². The molecule has 0 fully saturated rings. The Morgan fingerprint density at radius 2 is 1.81 bits per heavy atom. The smallest absolute Gasteiger partial charge is 0.287 e. The molecular weight excluding hydrogens is 480 g/mol. The molecule has 2 aromatic carbocycles. The molecule has 2 N–H and O–H groups in total. The number of amides is 2. The van der Waals surface area contributed by atoms with Crippen LogP contribution in [0, 0.1) is 17.2 Å². The van der Waals surface area contributed by atoms with Crippen molar-refractivity contribution in [3.05, 3.63) is 65.9 Å². The van der Waals surface area contributed by atoms with E-state index in [9.17, 15) is 23.3 Å². The molecule has 0 saturated carbocycles. The predicted molar refractivity (Wildman–Crippen MR) is 136 cm³/mol. The summed E-state index contributed by atoms with van der Waals surface area (Å²) in [4.78, 5) is 25.5. The Morgan fingerprint density at radius 3 is 2.50 bits per heavy atom. The molecular formula is C26H30N4O5S. The van der Waals surface area contributed by atoms with Crippen molar-refractivity contribution in [3.63, 3.8) is 0 Å². The molecule has 0 aliphatic heterocycles. The first kappa shape index (κ1) is 26.9. The van der Waals surface area contributed by atoms with Crippen molar-refractivity contribution >= 4 is 32.8 Å². The van der Waals surface area contributed by atoms with E-state index in [1.165, 1.54) is 19.2 Å². The second-order valence-corrected chi connectivity index (χ2v) is 10.9. The van der Waals surface area contributed by atoms with Gasteiger partial charge in [0.2, 0.25) is 15.9 Å². The maximum Gasteiger partial charge on any atom is 0.287 e. The Kier molecular flexibility index (Phi) is 8.85. The Labute approximate surface area is 211 Å². The molecule has 2 amide bonds. The normalized spacial score (nSPS) is 12.4. The van der Waals surface area contributed by atoms with Crippen molar-refractivity contribution < 1.29 is 22.4 Å². The van der Waals surface area contributed by atoms with Gasteiger partial charge in [-0.1, -0.05) is 44.2 Å². The van der Waals surface area contributed by atoms with Gasteiger partial charge in [0.05, 0.1) is 10.5 Å². The number of nitrogens with zero attached hydrogens (tertiary/aromatic N) is 2. The number of nitriles is 1. The second-order valence-electron chi connectivity index (χ2n) is 8.88. The van der Waals surface area contributed by atoms with E-state index in [4.69, 9.17) is 4.42 Å². The molecule has 0 bridgehead atoms. The Morgan fingerprint density at radius 1 is 1.11 bits per heavy atom. The number of fused-ring (bicyclic) bond motifs is 1. The van der Waals surface area contributed by atoms with Crippen molar-refractivity contribution in [1.29, 1.82) is 5.26 Å². The lowest BCUT2D eigenvalue weighted by Crippen LogP contribution is -2.47. The van der Waals surface area contributed by atoms with Gasteiger partial charge in [-0.25, -0.2) is 12.7 Å². The molecule has 0 saturated heterocycles. The molecule has 1 atom stereocenters. The monoisotopic (exact) mass is 510 g/mol. The molecule has 0 radical (unpaired) electrons. The van der Waals surface area contributed by atoms with Crippen LogP contribution in [0.25, 0.3) is 11.0 Å². The molecule has 0 unspecified atom stereocenters. The number of furan rings is 1. The van der Waals surface area contributed by atoms with Gasteiger partial charge in [0.1, 0.15) is 17.7 Å². The Hall–Kier alpha value is -3.68. The molecule has 9 nitrogen and oxygen atoms in total. The number of hydrogen-bond donors (Lipinski definition) is 2. The van der Waals surface area contributed by atoms with Crippen LogP contribution in [0.1, 0.15) is 42.8 Å². The summed E-state index contributed by atoms with van der Waals surface area (Å²) in [6.45, 7) is 4.26. The maximum absolute atomic E-state index is 12.8. The maximum atomic E-state index is 12.8. The SMILES string of the molecule is CC(C)C[C@H](NC(=O)c1cc2ccccc2o1)C(=O)NCCCN(C)S(=O)(=O)c1ccccc1C#N. The largest absolute Gasteiger partial charge is 0.451 e. The van der Waals surface area contributed by atoms with Crippen LogP contribution in [0.5, 0.6) is 0 Å². The van der Waals surface area contributed by atoms with Gasteiger partial charge < -0.3 is 15.1 Å². The first-order chi connectivity index (χ1) is 17.1. The van der Waals surface area contributed by atoms with E-state index >= 15 is 0 Å². The number of carbonyl (C=O) groups excluding carboxylic acids is 2. The third-order valence-corrected chi connectivity index (χ3v) is 7.54. The van der Waals surface area contributed by atoms with Crippen molar-refractivity contribution in [1.82, 2.24) is 14.9 Å². The molecule has 0 aliphatic rings. The van der Waals surface area contributed by atoms with Crippen molar-refractivity contribution in [2.75, 3.05) is 20.1 Å². The van der Waals surface area contributed by atoms with Crippen LogP contribution >= 0.6 is 0 Å². The zero-order valence-corrected chi connectivity index (χ0v) is 21.3. The van der Waals surface area contributed by atoms with Crippen molar-refractivity contribution in [2.24, 2.45) is 5.92 Å². The average molecular weight is 511 g/mol. The third-order valence-electron chi connectivity index (χ3n) is 5.62. The molecule has 1 aromatic heterocycles. The van der Waals surface area contributed by atoms with E-state index in [-0.39, 0.29) is 41.1 Å². The molecule has 0 aliphatic carbocycles. The number of benzene rings is 2. The van der Waals surface area contributed by atoms with E-state index in [1.54, 1.807) is 24.3 Å². The van der Waals surface area contributed by atoms with Crippen LogP contribution in [-0.2, 0) is 14.8 Å². The minimum Gasteiger partial charge on any atom is -0.451 e. The van der Waals surface area contributed by atoms with E-state index in [1.807, 2.05) is 38.1 Å². The second kappa shape index (κ2) is 11.8. The summed E-state index contributed by atoms with van der Waals surface area (Å²) < 4.78 is 32.4. The van der Waals surface area contributed by atoms with Gasteiger partial charge in [0.15, 0.2) is 5.76 Å². The summed E-state index contributed by atoms with van der Waals surface area (Å²) in [5, 5.41) is 15.5. The fraction of sp³-hybridized carbons (Fsp3) is 0.346. The zero-order chi connectivity index (χ0) is 26.3. The number of sulfonamides is 1. The standard InChI is InChI=1S/C26H30N4O5S/c1-18(2)15-21(29-26(32)23-16-19-9-4-6-11-22(19)35-23)25(31)28-13-8-14-30(3)36(33,34)24-12-7-5-10-20(24)17-27/h4-7,9-12,16,18,21H,8,13-15H2,1-3H3,(H,28,31)(H,29,32)/t21-/m0/s1. The van der Waals surface area contributed by atoms with Crippen LogP contribution in [-0.4, -0.2) is 50.7 Å². The predicted octanol–water partition coefficient (Wildman–Crippen LogP) is 3.28. The zero-order valence-electron chi connectivity index (χ0n) is 20.5. The van der Waals surface area contributed by atoms with Gasteiger partial charge in [0, 0.05) is 25.5 Å². The topological polar surface area (TPSA) is 133 Å². The van der Waals surface area contributed by atoms with Crippen LogP contribution < -0.4 is 10.6 Å². The highest BCUT2D eigenvalue weighted by molar-refractivity contribution is 7.89. The van der Waals surface area contributed by atoms with Crippen LogP contribution in [0.3, 0.4) is 0 Å². The highest BCUT2D eigenvalue weighted by Crippen LogP contribution is 2.20. The summed E-state index contributed by atoms with van der Waals surface area (Å²) in [6, 6.07) is 16.0. The van der Waals surface area contributed by atoms with Gasteiger partial charge in [-0.15, -0.1) is 0 Å². The fourth-order valence-electron chi connectivity index (χ4n) is 3.73. The number of nitrogens with one attached hydrogen (secondary N) is 2. The summed E-state index contributed by atoms with van der Waals surface area (Å²) in [5.41, 5.74) is 0.665. The molecule has 10 heteroatoms. The molecule has 190 valence electrons. The lowest BCUT2D eigenvalue weighted by Gasteiger charge is -2.21.